The molecule has 0 aliphatic heterocycles. The summed E-state index contributed by atoms with van der Waals surface area (Å²) in [4.78, 5) is 4.26. The molecule has 1 aromatic carbocycles. The molecule has 5 nitrogen and oxygen atoms in total. The molecule has 0 bridgehead atoms. The van der Waals surface area contributed by atoms with Crippen LogP contribution in [-0.4, -0.2) is 31.8 Å². The van der Waals surface area contributed by atoms with Crippen LogP contribution in [0.25, 0.3) is 11.1 Å². The predicted octanol–water partition coefficient (Wildman–Crippen LogP) is 1.58. The highest BCUT2D eigenvalue weighted by Gasteiger charge is 2.17. The summed E-state index contributed by atoms with van der Waals surface area (Å²) in [5.74, 6) is 0.431. The second kappa shape index (κ2) is 4.99. The first-order chi connectivity index (χ1) is 8.91. The lowest BCUT2D eigenvalue weighted by Crippen LogP contribution is -2.22. The van der Waals surface area contributed by atoms with Crippen molar-refractivity contribution in [3.63, 3.8) is 0 Å². The molecule has 100 valence electrons. The summed E-state index contributed by atoms with van der Waals surface area (Å²) >= 11 is 0. The van der Waals surface area contributed by atoms with Gasteiger partial charge in [-0.25, -0.2) is 17.7 Å². The van der Waals surface area contributed by atoms with Gasteiger partial charge in [0, 0.05) is 25.9 Å². The van der Waals surface area contributed by atoms with E-state index in [2.05, 4.69) is 4.98 Å². The van der Waals surface area contributed by atoms with Crippen molar-refractivity contribution < 1.29 is 8.42 Å². The van der Waals surface area contributed by atoms with Crippen LogP contribution >= 0.6 is 0 Å². The maximum Gasteiger partial charge on any atom is 0.242 e. The van der Waals surface area contributed by atoms with Gasteiger partial charge in [0.05, 0.1) is 4.90 Å². The first-order valence-corrected chi connectivity index (χ1v) is 7.10. The molecule has 1 heterocycles. The van der Waals surface area contributed by atoms with E-state index in [1.165, 1.54) is 18.4 Å². The van der Waals surface area contributed by atoms with E-state index in [1.807, 2.05) is 12.1 Å². The maximum absolute atomic E-state index is 12.1. The molecule has 0 unspecified atom stereocenters. The van der Waals surface area contributed by atoms with Crippen molar-refractivity contribution in [3.05, 3.63) is 42.6 Å². The van der Waals surface area contributed by atoms with Crippen LogP contribution in [0.1, 0.15) is 0 Å². The molecule has 19 heavy (non-hydrogen) atoms. The Bertz CT molecular complexity index is 679. The van der Waals surface area contributed by atoms with Gasteiger partial charge in [-0.3, -0.25) is 0 Å². The molecule has 0 atom stereocenters. The molecule has 0 aliphatic rings. The minimum atomic E-state index is -3.43. The van der Waals surface area contributed by atoms with Gasteiger partial charge in [0.25, 0.3) is 0 Å². The fourth-order valence-electron chi connectivity index (χ4n) is 1.62. The maximum atomic E-state index is 12.1. The Morgan fingerprint density at radius 3 is 2.42 bits per heavy atom. The van der Waals surface area contributed by atoms with Gasteiger partial charge in [0.1, 0.15) is 5.82 Å². The molecule has 0 saturated heterocycles. The summed E-state index contributed by atoms with van der Waals surface area (Å²) in [5, 5.41) is 0. The lowest BCUT2D eigenvalue weighted by Gasteiger charge is -2.12. The fraction of sp³-hybridized carbons (Fsp3) is 0.154. The Hall–Kier alpha value is -1.92. The largest absolute Gasteiger partial charge is 0.384 e. The highest BCUT2D eigenvalue weighted by atomic mass is 32.2. The number of benzene rings is 1. The summed E-state index contributed by atoms with van der Waals surface area (Å²) in [6, 6.07) is 10.2. The van der Waals surface area contributed by atoms with Gasteiger partial charge < -0.3 is 5.73 Å². The predicted molar refractivity (Wildman–Crippen MR) is 75.0 cm³/mol. The third kappa shape index (κ3) is 2.74. The molecule has 6 heteroatoms. The minimum absolute atomic E-state index is 0.256. The van der Waals surface area contributed by atoms with Crippen LogP contribution in [-0.2, 0) is 10.0 Å². The highest BCUT2D eigenvalue weighted by Crippen LogP contribution is 2.23. The summed E-state index contributed by atoms with van der Waals surface area (Å²) in [5.41, 5.74) is 7.14. The molecular weight excluding hydrogens is 262 g/mol. The molecule has 2 rings (SSSR count). The molecule has 0 spiro atoms. The zero-order chi connectivity index (χ0) is 14.0. The van der Waals surface area contributed by atoms with Crippen LogP contribution in [0.3, 0.4) is 0 Å². The quantitative estimate of drug-likeness (QED) is 0.924. The molecule has 0 saturated carbocycles. The number of pyridine rings is 1. The first kappa shape index (κ1) is 13.5. The van der Waals surface area contributed by atoms with Crippen molar-refractivity contribution in [3.8, 4) is 11.1 Å². The Kier molecular flexibility index (Phi) is 3.55. The van der Waals surface area contributed by atoms with Gasteiger partial charge in [0.2, 0.25) is 10.0 Å². The molecule has 0 aliphatic carbocycles. The normalized spacial score (nSPS) is 11.7. The number of anilines is 1. The van der Waals surface area contributed by atoms with Gasteiger partial charge >= 0.3 is 0 Å². The molecular formula is C13H15N3O2S. The van der Waals surface area contributed by atoms with Crippen LogP contribution in [0, 0.1) is 0 Å². The lowest BCUT2D eigenvalue weighted by atomic mass is 10.1. The molecule has 2 aromatic rings. The molecule has 0 fully saturated rings. The molecule has 2 N–H and O–H groups in total. The fourth-order valence-corrected chi connectivity index (χ4v) is 2.57. The van der Waals surface area contributed by atoms with E-state index >= 15 is 0 Å². The highest BCUT2D eigenvalue weighted by molar-refractivity contribution is 7.89. The van der Waals surface area contributed by atoms with Crippen molar-refractivity contribution in [1.29, 1.82) is 0 Å². The van der Waals surface area contributed by atoms with E-state index < -0.39 is 10.0 Å². The third-order valence-electron chi connectivity index (χ3n) is 2.73. The Labute approximate surface area is 112 Å². The monoisotopic (exact) mass is 277 g/mol. The standard InChI is InChI=1S/C13H15N3O2S/c1-16(2)19(17,18)12-5-3-4-10(8-12)11-6-7-13(14)15-9-11/h3-9H,1-2H3,(H2,14,15). The Morgan fingerprint density at radius 1 is 1.11 bits per heavy atom. The van der Waals surface area contributed by atoms with Gasteiger partial charge in [-0.15, -0.1) is 0 Å². The number of hydrogen-bond donors (Lipinski definition) is 1. The summed E-state index contributed by atoms with van der Waals surface area (Å²) in [7, 11) is -0.414. The van der Waals surface area contributed by atoms with Crippen molar-refractivity contribution in [2.24, 2.45) is 0 Å². The van der Waals surface area contributed by atoms with Crippen molar-refractivity contribution in [2.75, 3.05) is 19.8 Å². The Balaban J connectivity index is 2.49. The zero-order valence-electron chi connectivity index (χ0n) is 10.7. The number of nitrogens with two attached hydrogens (primary N) is 1. The van der Waals surface area contributed by atoms with E-state index in [0.717, 1.165) is 11.1 Å². The van der Waals surface area contributed by atoms with Gasteiger partial charge in [0.15, 0.2) is 0 Å². The lowest BCUT2D eigenvalue weighted by molar-refractivity contribution is 0.521. The van der Waals surface area contributed by atoms with E-state index in [0.29, 0.717) is 5.82 Å². The van der Waals surface area contributed by atoms with Crippen LogP contribution < -0.4 is 5.73 Å². The van der Waals surface area contributed by atoms with Gasteiger partial charge in [-0.2, -0.15) is 0 Å². The topological polar surface area (TPSA) is 76.3 Å². The van der Waals surface area contributed by atoms with Crippen LogP contribution in [0.4, 0.5) is 5.82 Å². The Morgan fingerprint density at radius 2 is 1.84 bits per heavy atom. The van der Waals surface area contributed by atoms with Crippen molar-refractivity contribution in [2.45, 2.75) is 4.90 Å². The van der Waals surface area contributed by atoms with Gasteiger partial charge in [-0.1, -0.05) is 12.1 Å². The summed E-state index contributed by atoms with van der Waals surface area (Å²) in [6.45, 7) is 0. The SMILES string of the molecule is CN(C)S(=O)(=O)c1cccc(-c2ccc(N)nc2)c1. The van der Waals surface area contributed by atoms with E-state index in [9.17, 15) is 8.42 Å². The zero-order valence-corrected chi connectivity index (χ0v) is 11.6. The van der Waals surface area contributed by atoms with E-state index in [4.69, 9.17) is 5.73 Å². The minimum Gasteiger partial charge on any atom is -0.384 e. The average molecular weight is 277 g/mol. The number of hydrogen-bond acceptors (Lipinski definition) is 4. The van der Waals surface area contributed by atoms with Gasteiger partial charge in [-0.05, 0) is 29.8 Å². The smallest absolute Gasteiger partial charge is 0.242 e. The second-order valence-corrected chi connectivity index (χ2v) is 6.44. The number of nitrogens with zero attached hydrogens (tertiary/aromatic N) is 2. The summed E-state index contributed by atoms with van der Waals surface area (Å²) < 4.78 is 25.3. The second-order valence-electron chi connectivity index (χ2n) is 4.29. The van der Waals surface area contributed by atoms with Crippen LogP contribution in [0.5, 0.6) is 0 Å². The number of aromatic nitrogens is 1. The third-order valence-corrected chi connectivity index (χ3v) is 4.54. The number of nitrogen functional groups attached to an aromatic ring is 1. The van der Waals surface area contributed by atoms with E-state index in [-0.39, 0.29) is 4.90 Å². The summed E-state index contributed by atoms with van der Waals surface area (Å²) in [6.07, 6.45) is 1.62. The average Bonchev–Trinajstić information content (AvgIpc) is 2.39. The number of rotatable bonds is 3. The van der Waals surface area contributed by atoms with Crippen molar-refractivity contribution >= 4 is 15.8 Å². The van der Waals surface area contributed by atoms with Crippen LogP contribution in [0.2, 0.25) is 0 Å². The molecule has 0 radical (unpaired) electrons. The molecule has 1 aromatic heterocycles. The van der Waals surface area contributed by atoms with Crippen LogP contribution in [0.15, 0.2) is 47.5 Å². The van der Waals surface area contributed by atoms with E-state index in [1.54, 1.807) is 30.5 Å². The number of sulfonamides is 1. The first-order valence-electron chi connectivity index (χ1n) is 5.66. The van der Waals surface area contributed by atoms with Crippen molar-refractivity contribution in [1.82, 2.24) is 9.29 Å². The molecule has 0 amide bonds.